The number of hydrogen-bond donors (Lipinski definition) is 1. The number of piperidine rings is 1. The molecule has 1 heterocycles. The van der Waals surface area contributed by atoms with Gasteiger partial charge in [-0.15, -0.1) is 0 Å². The van der Waals surface area contributed by atoms with Gasteiger partial charge in [0, 0.05) is 13.1 Å². The molecule has 1 saturated heterocycles. The lowest BCUT2D eigenvalue weighted by Crippen LogP contribution is -2.48. The highest BCUT2D eigenvalue weighted by Crippen LogP contribution is 2.34. The van der Waals surface area contributed by atoms with E-state index in [1.807, 2.05) is 0 Å². The van der Waals surface area contributed by atoms with Crippen LogP contribution in [0, 0.1) is 11.3 Å². The molecule has 0 aromatic heterocycles. The first-order valence-corrected chi connectivity index (χ1v) is 4.86. The second-order valence-corrected chi connectivity index (χ2v) is 4.65. The van der Waals surface area contributed by atoms with Gasteiger partial charge in [-0.2, -0.15) is 0 Å². The smallest absolute Gasteiger partial charge is 0.248 e. The number of hydrogen-bond acceptors (Lipinski definition) is 2. The number of carbonyl (C=O) groups excluding carboxylic acids is 1. The van der Waals surface area contributed by atoms with Crippen molar-refractivity contribution in [3.05, 3.63) is 0 Å². The van der Waals surface area contributed by atoms with Gasteiger partial charge in [0.1, 0.15) is 6.61 Å². The Morgan fingerprint density at radius 2 is 2.23 bits per heavy atom. The van der Waals surface area contributed by atoms with Crippen LogP contribution in [0.15, 0.2) is 0 Å². The Balaban J connectivity index is 2.60. The fourth-order valence-corrected chi connectivity index (χ4v) is 1.78. The molecular weight excluding hydrogens is 166 g/mol. The van der Waals surface area contributed by atoms with E-state index in [1.165, 1.54) is 0 Å². The zero-order chi connectivity index (χ0) is 10.1. The third-order valence-electron chi connectivity index (χ3n) is 3.25. The van der Waals surface area contributed by atoms with E-state index in [1.54, 1.807) is 4.90 Å². The third-order valence-corrected chi connectivity index (χ3v) is 3.25. The molecule has 3 heteroatoms. The van der Waals surface area contributed by atoms with Crippen LogP contribution in [0.4, 0.5) is 0 Å². The average Bonchev–Trinajstić information content (AvgIpc) is 2.08. The molecule has 1 amide bonds. The average molecular weight is 185 g/mol. The first kappa shape index (κ1) is 10.5. The molecule has 0 aromatic rings. The van der Waals surface area contributed by atoms with Gasteiger partial charge < -0.3 is 10.0 Å². The summed E-state index contributed by atoms with van der Waals surface area (Å²) in [6.45, 7) is 7.78. The summed E-state index contributed by atoms with van der Waals surface area (Å²) in [5.74, 6) is 0.509. The SMILES string of the molecule is C[C@@H]1CCN(C(=O)CO)CC1(C)C. The van der Waals surface area contributed by atoms with Crippen LogP contribution in [0.5, 0.6) is 0 Å². The van der Waals surface area contributed by atoms with Gasteiger partial charge in [-0.05, 0) is 17.8 Å². The molecule has 0 bridgehead atoms. The van der Waals surface area contributed by atoms with Gasteiger partial charge in [0.2, 0.25) is 5.91 Å². The van der Waals surface area contributed by atoms with Crippen LogP contribution < -0.4 is 0 Å². The van der Waals surface area contributed by atoms with E-state index in [0.29, 0.717) is 5.92 Å². The zero-order valence-corrected chi connectivity index (χ0v) is 8.71. The lowest BCUT2D eigenvalue weighted by Gasteiger charge is -2.42. The maximum Gasteiger partial charge on any atom is 0.248 e. The summed E-state index contributed by atoms with van der Waals surface area (Å²) in [4.78, 5) is 13.0. The van der Waals surface area contributed by atoms with Crippen molar-refractivity contribution in [1.29, 1.82) is 0 Å². The third kappa shape index (κ3) is 2.21. The lowest BCUT2D eigenvalue weighted by atomic mass is 9.75. The number of amides is 1. The minimum Gasteiger partial charge on any atom is -0.387 e. The molecule has 0 saturated carbocycles. The predicted molar refractivity (Wildman–Crippen MR) is 51.2 cm³/mol. The monoisotopic (exact) mass is 185 g/mol. The van der Waals surface area contributed by atoms with Gasteiger partial charge in [-0.3, -0.25) is 4.79 Å². The van der Waals surface area contributed by atoms with E-state index in [-0.39, 0.29) is 17.9 Å². The van der Waals surface area contributed by atoms with E-state index in [9.17, 15) is 4.79 Å². The molecule has 1 atom stereocenters. The molecule has 0 spiro atoms. The molecule has 0 radical (unpaired) electrons. The minimum absolute atomic E-state index is 0.139. The topological polar surface area (TPSA) is 40.5 Å². The zero-order valence-electron chi connectivity index (χ0n) is 8.71. The van der Waals surface area contributed by atoms with Crippen molar-refractivity contribution in [1.82, 2.24) is 4.90 Å². The molecule has 1 fully saturated rings. The largest absolute Gasteiger partial charge is 0.387 e. The van der Waals surface area contributed by atoms with Crippen LogP contribution in [0.2, 0.25) is 0 Å². The summed E-state index contributed by atoms with van der Waals surface area (Å²) in [6.07, 6.45) is 1.04. The Hall–Kier alpha value is -0.570. The van der Waals surface area contributed by atoms with Crippen LogP contribution in [0.3, 0.4) is 0 Å². The van der Waals surface area contributed by atoms with E-state index >= 15 is 0 Å². The Morgan fingerprint density at radius 3 is 2.69 bits per heavy atom. The molecular formula is C10H19NO2. The van der Waals surface area contributed by atoms with E-state index in [4.69, 9.17) is 5.11 Å². The highest BCUT2D eigenvalue weighted by atomic mass is 16.3. The second-order valence-electron chi connectivity index (χ2n) is 4.65. The molecule has 1 rings (SSSR count). The number of nitrogens with zero attached hydrogens (tertiary/aromatic N) is 1. The highest BCUT2D eigenvalue weighted by Gasteiger charge is 2.34. The second kappa shape index (κ2) is 3.66. The Kier molecular flexibility index (Phi) is 2.96. The number of rotatable bonds is 1. The first-order chi connectivity index (χ1) is 5.97. The van der Waals surface area contributed by atoms with Crippen molar-refractivity contribution < 1.29 is 9.90 Å². The summed E-state index contributed by atoms with van der Waals surface area (Å²) in [7, 11) is 0. The number of aliphatic hydroxyl groups excluding tert-OH is 1. The van der Waals surface area contributed by atoms with Gasteiger partial charge in [0.05, 0.1) is 0 Å². The summed E-state index contributed by atoms with van der Waals surface area (Å²) in [6, 6.07) is 0. The maximum atomic E-state index is 11.2. The van der Waals surface area contributed by atoms with Crippen molar-refractivity contribution in [3.8, 4) is 0 Å². The highest BCUT2D eigenvalue weighted by molar-refractivity contribution is 5.77. The maximum absolute atomic E-state index is 11.2. The molecule has 1 aliphatic heterocycles. The van der Waals surface area contributed by atoms with Gasteiger partial charge in [0.15, 0.2) is 0 Å². The van der Waals surface area contributed by atoms with Crippen LogP contribution in [-0.2, 0) is 4.79 Å². The molecule has 1 N–H and O–H groups in total. The van der Waals surface area contributed by atoms with Crippen LogP contribution >= 0.6 is 0 Å². The first-order valence-electron chi connectivity index (χ1n) is 4.86. The Bertz CT molecular complexity index is 201. The predicted octanol–water partition coefficient (Wildman–Crippen LogP) is 0.873. The molecule has 0 aliphatic carbocycles. The van der Waals surface area contributed by atoms with Crippen molar-refractivity contribution >= 4 is 5.91 Å². The van der Waals surface area contributed by atoms with Gasteiger partial charge >= 0.3 is 0 Å². The number of likely N-dealkylation sites (tertiary alicyclic amines) is 1. The quantitative estimate of drug-likeness (QED) is 0.658. The fourth-order valence-electron chi connectivity index (χ4n) is 1.78. The molecule has 0 aromatic carbocycles. The lowest BCUT2D eigenvalue weighted by molar-refractivity contribution is -0.138. The van der Waals surface area contributed by atoms with E-state index < -0.39 is 0 Å². The van der Waals surface area contributed by atoms with Crippen molar-refractivity contribution in [3.63, 3.8) is 0 Å². The normalized spacial score (nSPS) is 27.4. The fraction of sp³-hybridized carbons (Fsp3) is 0.900. The van der Waals surface area contributed by atoms with Gasteiger partial charge in [0.25, 0.3) is 0 Å². The van der Waals surface area contributed by atoms with Crippen LogP contribution in [-0.4, -0.2) is 35.6 Å². The molecule has 76 valence electrons. The van der Waals surface area contributed by atoms with Gasteiger partial charge in [-0.1, -0.05) is 20.8 Å². The van der Waals surface area contributed by atoms with E-state index in [0.717, 1.165) is 19.5 Å². The summed E-state index contributed by atoms with van der Waals surface area (Å²) in [5.41, 5.74) is 0.184. The van der Waals surface area contributed by atoms with Gasteiger partial charge in [-0.25, -0.2) is 0 Å². The Labute approximate surface area is 79.7 Å². The number of carbonyl (C=O) groups is 1. The van der Waals surface area contributed by atoms with E-state index in [2.05, 4.69) is 20.8 Å². The van der Waals surface area contributed by atoms with Crippen LogP contribution in [0.1, 0.15) is 27.2 Å². The summed E-state index contributed by atoms with van der Waals surface area (Å²) in [5, 5.41) is 8.73. The number of aliphatic hydroxyl groups is 1. The molecule has 0 unspecified atom stereocenters. The van der Waals surface area contributed by atoms with Crippen molar-refractivity contribution in [2.75, 3.05) is 19.7 Å². The summed E-state index contributed by atoms with van der Waals surface area (Å²) >= 11 is 0. The summed E-state index contributed by atoms with van der Waals surface area (Å²) < 4.78 is 0. The van der Waals surface area contributed by atoms with Crippen LogP contribution in [0.25, 0.3) is 0 Å². The van der Waals surface area contributed by atoms with Crippen molar-refractivity contribution in [2.45, 2.75) is 27.2 Å². The molecule has 1 aliphatic rings. The minimum atomic E-state index is -0.357. The Morgan fingerprint density at radius 1 is 1.62 bits per heavy atom. The molecule has 13 heavy (non-hydrogen) atoms. The van der Waals surface area contributed by atoms with Crippen molar-refractivity contribution in [2.24, 2.45) is 11.3 Å². The standard InChI is InChI=1S/C10H19NO2/c1-8-4-5-11(9(13)6-12)7-10(8,2)3/h8,12H,4-7H2,1-3H3/t8-/m1/s1. The molecule has 3 nitrogen and oxygen atoms in total.